The molecule has 6 nitrogen and oxygen atoms in total. The van der Waals surface area contributed by atoms with Crippen molar-refractivity contribution in [1.82, 2.24) is 5.32 Å². The summed E-state index contributed by atoms with van der Waals surface area (Å²) in [5.41, 5.74) is -0.820. The molecule has 1 aromatic rings. The Morgan fingerprint density at radius 3 is 2.62 bits per heavy atom. The van der Waals surface area contributed by atoms with Crippen molar-refractivity contribution in [3.8, 4) is 0 Å². The van der Waals surface area contributed by atoms with Gasteiger partial charge in [0.1, 0.15) is 5.60 Å². The van der Waals surface area contributed by atoms with Gasteiger partial charge in [0.2, 0.25) is 0 Å². The van der Waals surface area contributed by atoms with E-state index in [4.69, 9.17) is 9.47 Å². The van der Waals surface area contributed by atoms with Crippen LogP contribution in [0.2, 0.25) is 0 Å². The van der Waals surface area contributed by atoms with Crippen molar-refractivity contribution >= 4 is 12.1 Å². The third kappa shape index (κ3) is 3.87. The molecule has 2 rings (SSSR count). The number of carbonyl (C=O) groups is 2. The summed E-state index contributed by atoms with van der Waals surface area (Å²) < 4.78 is 10.3. The maximum atomic E-state index is 12.3. The molecule has 0 heterocycles. The zero-order chi connectivity index (χ0) is 18.0. The largest absolute Gasteiger partial charge is 0.464 e. The summed E-state index contributed by atoms with van der Waals surface area (Å²) in [4.78, 5) is 24.6. The summed E-state index contributed by atoms with van der Waals surface area (Å²) >= 11 is 0. The van der Waals surface area contributed by atoms with E-state index in [9.17, 15) is 14.7 Å². The van der Waals surface area contributed by atoms with Gasteiger partial charge in [0.15, 0.2) is 5.60 Å². The minimum atomic E-state index is -1.82. The maximum absolute atomic E-state index is 12.3. The van der Waals surface area contributed by atoms with Crippen LogP contribution >= 0.6 is 0 Å². The van der Waals surface area contributed by atoms with Crippen LogP contribution in [0.4, 0.5) is 4.79 Å². The van der Waals surface area contributed by atoms with Crippen LogP contribution in [0.3, 0.4) is 0 Å². The molecule has 132 valence electrons. The summed E-state index contributed by atoms with van der Waals surface area (Å²) in [5, 5.41) is 13.6. The van der Waals surface area contributed by atoms with Crippen LogP contribution in [-0.2, 0) is 20.7 Å². The molecule has 0 fully saturated rings. The second-order valence-electron chi connectivity index (χ2n) is 6.92. The van der Waals surface area contributed by atoms with Crippen molar-refractivity contribution in [2.75, 3.05) is 6.61 Å². The average Bonchev–Trinajstić information content (AvgIpc) is 2.49. The first-order valence-electron chi connectivity index (χ1n) is 8.14. The molecule has 0 aliphatic heterocycles. The number of benzene rings is 1. The number of esters is 1. The summed E-state index contributed by atoms with van der Waals surface area (Å²) in [5.74, 6) is -0.736. The number of hydrogen-bond donors (Lipinski definition) is 2. The minimum absolute atomic E-state index is 0.155. The second-order valence-corrected chi connectivity index (χ2v) is 6.92. The Morgan fingerprint density at radius 2 is 2.00 bits per heavy atom. The fraction of sp³-hybridized carbons (Fsp3) is 0.556. The van der Waals surface area contributed by atoms with E-state index in [1.54, 1.807) is 39.8 Å². The Bertz CT molecular complexity index is 622. The molecular formula is C18H25NO5. The van der Waals surface area contributed by atoms with E-state index in [0.717, 1.165) is 5.56 Å². The molecule has 24 heavy (non-hydrogen) atoms. The lowest BCUT2D eigenvalue weighted by Crippen LogP contribution is -2.55. The topological polar surface area (TPSA) is 84.9 Å². The van der Waals surface area contributed by atoms with E-state index in [0.29, 0.717) is 12.0 Å². The molecular weight excluding hydrogens is 310 g/mol. The molecule has 0 unspecified atom stereocenters. The Morgan fingerprint density at radius 1 is 1.33 bits per heavy atom. The van der Waals surface area contributed by atoms with E-state index in [1.165, 1.54) is 0 Å². The predicted molar refractivity (Wildman–Crippen MR) is 88.5 cm³/mol. The average molecular weight is 335 g/mol. The van der Waals surface area contributed by atoms with Gasteiger partial charge in [-0.2, -0.15) is 0 Å². The van der Waals surface area contributed by atoms with Crippen molar-refractivity contribution in [3.63, 3.8) is 0 Å². The summed E-state index contributed by atoms with van der Waals surface area (Å²) in [6, 6.07) is 6.48. The van der Waals surface area contributed by atoms with E-state index in [1.807, 2.05) is 12.1 Å². The van der Waals surface area contributed by atoms with E-state index in [2.05, 4.69) is 5.32 Å². The number of rotatable bonds is 3. The molecule has 1 aromatic carbocycles. The van der Waals surface area contributed by atoms with Crippen LogP contribution in [0.1, 0.15) is 51.3 Å². The molecule has 1 aliphatic carbocycles. The van der Waals surface area contributed by atoms with Gasteiger partial charge in [-0.25, -0.2) is 9.59 Å². The lowest BCUT2D eigenvalue weighted by atomic mass is 9.76. The van der Waals surface area contributed by atoms with Crippen molar-refractivity contribution < 1.29 is 24.2 Å². The maximum Gasteiger partial charge on any atom is 0.408 e. The van der Waals surface area contributed by atoms with Gasteiger partial charge in [-0.05, 0) is 51.7 Å². The van der Waals surface area contributed by atoms with Crippen LogP contribution in [0, 0.1) is 0 Å². The fourth-order valence-corrected chi connectivity index (χ4v) is 2.87. The highest BCUT2D eigenvalue weighted by atomic mass is 16.6. The molecule has 0 radical (unpaired) electrons. The molecule has 0 saturated heterocycles. The van der Waals surface area contributed by atoms with Gasteiger partial charge < -0.3 is 19.9 Å². The highest BCUT2D eigenvalue weighted by molar-refractivity contribution is 5.82. The van der Waals surface area contributed by atoms with E-state index < -0.39 is 29.3 Å². The lowest BCUT2D eigenvalue weighted by molar-refractivity contribution is -0.170. The monoisotopic (exact) mass is 335 g/mol. The molecule has 0 aromatic heterocycles. The summed E-state index contributed by atoms with van der Waals surface area (Å²) in [7, 11) is 0. The van der Waals surface area contributed by atoms with Gasteiger partial charge in [0, 0.05) is 0 Å². The molecule has 6 heteroatoms. The van der Waals surface area contributed by atoms with Gasteiger partial charge in [0.25, 0.3) is 0 Å². The number of fused-ring (bicyclic) bond motifs is 1. The lowest BCUT2D eigenvalue weighted by Gasteiger charge is -2.39. The van der Waals surface area contributed by atoms with Crippen LogP contribution in [-0.4, -0.2) is 35.0 Å². The van der Waals surface area contributed by atoms with Crippen LogP contribution in [0.5, 0.6) is 0 Å². The van der Waals surface area contributed by atoms with Gasteiger partial charge in [-0.3, -0.25) is 0 Å². The molecule has 2 N–H and O–H groups in total. The molecule has 1 amide bonds. The Labute approximate surface area is 142 Å². The van der Waals surface area contributed by atoms with Gasteiger partial charge in [-0.15, -0.1) is 0 Å². The van der Waals surface area contributed by atoms with Crippen LogP contribution in [0.15, 0.2) is 24.3 Å². The zero-order valence-corrected chi connectivity index (χ0v) is 14.6. The first-order chi connectivity index (χ1) is 11.2. The highest BCUT2D eigenvalue weighted by Crippen LogP contribution is 2.38. The number of nitrogens with one attached hydrogen (secondary N) is 1. The number of ether oxygens (including phenoxy) is 2. The SMILES string of the molecule is CCOC(=O)[C@@]1(O)CCc2ccccc2[C@@H]1NC(=O)OC(C)(C)C. The van der Waals surface area contributed by atoms with Crippen molar-refractivity contribution in [2.45, 2.75) is 57.8 Å². The number of aryl methyl sites for hydroxylation is 1. The normalized spacial score (nSPS) is 23.1. The van der Waals surface area contributed by atoms with E-state index in [-0.39, 0.29) is 13.0 Å². The van der Waals surface area contributed by atoms with E-state index >= 15 is 0 Å². The van der Waals surface area contributed by atoms with Crippen molar-refractivity contribution in [1.29, 1.82) is 0 Å². The molecule has 0 saturated carbocycles. The number of amides is 1. The smallest absolute Gasteiger partial charge is 0.408 e. The minimum Gasteiger partial charge on any atom is -0.464 e. The molecule has 2 atom stereocenters. The molecule has 1 aliphatic rings. The first-order valence-corrected chi connectivity index (χ1v) is 8.14. The summed E-state index contributed by atoms with van der Waals surface area (Å²) in [6.45, 7) is 7.08. The molecule has 0 bridgehead atoms. The number of hydrogen-bond acceptors (Lipinski definition) is 5. The van der Waals surface area contributed by atoms with Crippen LogP contribution < -0.4 is 5.32 Å². The number of alkyl carbamates (subject to hydrolysis) is 1. The third-order valence-corrected chi connectivity index (χ3v) is 3.91. The van der Waals surface area contributed by atoms with Crippen molar-refractivity contribution in [3.05, 3.63) is 35.4 Å². The van der Waals surface area contributed by atoms with Gasteiger partial charge in [0.05, 0.1) is 12.6 Å². The summed E-state index contributed by atoms with van der Waals surface area (Å²) in [6.07, 6.45) is 0.00770. The Kier molecular flexibility index (Phi) is 5.18. The Balaban J connectivity index is 2.35. The third-order valence-electron chi connectivity index (χ3n) is 3.91. The van der Waals surface area contributed by atoms with Crippen molar-refractivity contribution in [2.24, 2.45) is 0 Å². The van der Waals surface area contributed by atoms with Gasteiger partial charge in [-0.1, -0.05) is 24.3 Å². The predicted octanol–water partition coefficient (Wildman–Crippen LogP) is 2.49. The second kappa shape index (κ2) is 6.81. The quantitative estimate of drug-likeness (QED) is 0.829. The zero-order valence-electron chi connectivity index (χ0n) is 14.6. The van der Waals surface area contributed by atoms with Gasteiger partial charge >= 0.3 is 12.1 Å². The first kappa shape index (κ1) is 18.3. The standard InChI is InChI=1S/C18H25NO5/c1-5-23-15(20)18(22)11-10-12-8-6-7-9-13(12)14(18)19-16(21)24-17(2,3)4/h6-9,14,22H,5,10-11H2,1-4H3,(H,19,21)/t14-,18+/m0/s1. The number of carbonyl (C=O) groups excluding carboxylic acids is 2. The number of aliphatic hydroxyl groups is 1. The molecule has 0 spiro atoms. The van der Waals surface area contributed by atoms with Crippen LogP contribution in [0.25, 0.3) is 0 Å². The highest BCUT2D eigenvalue weighted by Gasteiger charge is 2.50. The fourth-order valence-electron chi connectivity index (χ4n) is 2.87. The Hall–Kier alpha value is -2.08.